The van der Waals surface area contributed by atoms with Gasteiger partial charge in [-0.1, -0.05) is 6.92 Å². The maximum Gasteiger partial charge on any atom is 0.244 e. The molecule has 0 amide bonds. The standard InChI is InChI=1S/C11H19N5/c1-7-5-9(7)10-13-11(15-14-10)16-4-3-12-8(2)6-16/h7-9,12H,3-6H2,1-2H3,(H,13,14,15)/t7?,8-,9?/m0/s1. The molecule has 3 atom stereocenters. The fourth-order valence-corrected chi connectivity index (χ4v) is 2.39. The summed E-state index contributed by atoms with van der Waals surface area (Å²) >= 11 is 0. The van der Waals surface area contributed by atoms with Crippen molar-refractivity contribution in [3.05, 3.63) is 5.82 Å². The van der Waals surface area contributed by atoms with Crippen LogP contribution in [0.4, 0.5) is 5.95 Å². The van der Waals surface area contributed by atoms with E-state index < -0.39 is 0 Å². The average molecular weight is 221 g/mol. The first kappa shape index (κ1) is 10.1. The molecular formula is C11H19N5. The smallest absolute Gasteiger partial charge is 0.244 e. The number of hydrogen-bond donors (Lipinski definition) is 2. The molecule has 88 valence electrons. The van der Waals surface area contributed by atoms with E-state index in [0.29, 0.717) is 12.0 Å². The van der Waals surface area contributed by atoms with Crippen molar-refractivity contribution in [2.75, 3.05) is 24.5 Å². The molecule has 5 nitrogen and oxygen atoms in total. The zero-order chi connectivity index (χ0) is 11.1. The lowest BCUT2D eigenvalue weighted by atomic mass is 10.2. The molecule has 2 aliphatic rings. The Labute approximate surface area is 95.6 Å². The average Bonchev–Trinajstić information content (AvgIpc) is 2.81. The van der Waals surface area contributed by atoms with Gasteiger partial charge >= 0.3 is 0 Å². The minimum absolute atomic E-state index is 0.524. The Morgan fingerprint density at radius 3 is 2.88 bits per heavy atom. The molecule has 1 aliphatic carbocycles. The van der Waals surface area contributed by atoms with Gasteiger partial charge < -0.3 is 10.2 Å². The summed E-state index contributed by atoms with van der Waals surface area (Å²) in [6.07, 6.45) is 1.26. The van der Waals surface area contributed by atoms with Crippen molar-refractivity contribution in [1.29, 1.82) is 0 Å². The van der Waals surface area contributed by atoms with Crippen LogP contribution in [0.2, 0.25) is 0 Å². The molecule has 1 saturated heterocycles. The summed E-state index contributed by atoms with van der Waals surface area (Å²) in [7, 11) is 0. The van der Waals surface area contributed by atoms with E-state index in [9.17, 15) is 0 Å². The minimum Gasteiger partial charge on any atom is -0.337 e. The monoisotopic (exact) mass is 221 g/mol. The lowest BCUT2D eigenvalue weighted by molar-refractivity contribution is 0.479. The van der Waals surface area contributed by atoms with Crippen LogP contribution < -0.4 is 10.2 Å². The molecule has 0 radical (unpaired) electrons. The van der Waals surface area contributed by atoms with Crippen molar-refractivity contribution in [2.45, 2.75) is 32.2 Å². The first-order chi connectivity index (χ1) is 7.74. The normalized spacial score (nSPS) is 34.1. The highest BCUT2D eigenvalue weighted by Gasteiger charge is 2.37. The Morgan fingerprint density at radius 2 is 2.19 bits per heavy atom. The molecular weight excluding hydrogens is 202 g/mol. The number of aromatic nitrogens is 3. The molecule has 1 aromatic rings. The van der Waals surface area contributed by atoms with Crippen LogP contribution in [0, 0.1) is 5.92 Å². The molecule has 1 aliphatic heterocycles. The largest absolute Gasteiger partial charge is 0.337 e. The van der Waals surface area contributed by atoms with Crippen molar-refractivity contribution in [2.24, 2.45) is 5.92 Å². The number of hydrogen-bond acceptors (Lipinski definition) is 4. The Bertz CT molecular complexity index is 374. The predicted octanol–water partition coefficient (Wildman–Crippen LogP) is 0.726. The molecule has 0 bridgehead atoms. The van der Waals surface area contributed by atoms with Gasteiger partial charge in [-0.15, -0.1) is 5.10 Å². The van der Waals surface area contributed by atoms with Crippen LogP contribution in [0.3, 0.4) is 0 Å². The van der Waals surface area contributed by atoms with E-state index >= 15 is 0 Å². The van der Waals surface area contributed by atoms with Gasteiger partial charge in [-0.25, -0.2) is 0 Å². The van der Waals surface area contributed by atoms with Gasteiger partial charge in [-0.05, 0) is 19.3 Å². The SMILES string of the molecule is CC1CC1c1nc(N2CCN[C@@H](C)C2)n[nH]1. The highest BCUT2D eigenvalue weighted by molar-refractivity contribution is 5.31. The predicted molar refractivity (Wildman–Crippen MR) is 62.6 cm³/mol. The fraction of sp³-hybridized carbons (Fsp3) is 0.818. The highest BCUT2D eigenvalue weighted by atomic mass is 15.4. The quantitative estimate of drug-likeness (QED) is 0.773. The summed E-state index contributed by atoms with van der Waals surface area (Å²) < 4.78 is 0. The summed E-state index contributed by atoms with van der Waals surface area (Å²) in [6.45, 7) is 7.48. The summed E-state index contributed by atoms with van der Waals surface area (Å²) in [5.74, 6) is 3.36. The molecule has 2 unspecified atom stereocenters. The third-order valence-electron chi connectivity index (χ3n) is 3.60. The Morgan fingerprint density at radius 1 is 1.38 bits per heavy atom. The summed E-state index contributed by atoms with van der Waals surface area (Å²) in [6, 6.07) is 0.524. The van der Waals surface area contributed by atoms with E-state index in [1.54, 1.807) is 0 Å². The van der Waals surface area contributed by atoms with Crippen LogP contribution in [0.5, 0.6) is 0 Å². The Balaban J connectivity index is 1.71. The number of anilines is 1. The number of nitrogens with one attached hydrogen (secondary N) is 2. The molecule has 1 aromatic heterocycles. The topological polar surface area (TPSA) is 56.8 Å². The van der Waals surface area contributed by atoms with Gasteiger partial charge in [0.05, 0.1) is 0 Å². The van der Waals surface area contributed by atoms with E-state index in [4.69, 9.17) is 0 Å². The Kier molecular flexibility index (Phi) is 2.35. The van der Waals surface area contributed by atoms with Crippen molar-refractivity contribution in [1.82, 2.24) is 20.5 Å². The van der Waals surface area contributed by atoms with Crippen LogP contribution in [0.1, 0.15) is 32.0 Å². The molecule has 5 heteroatoms. The van der Waals surface area contributed by atoms with Crippen molar-refractivity contribution < 1.29 is 0 Å². The molecule has 16 heavy (non-hydrogen) atoms. The van der Waals surface area contributed by atoms with Gasteiger partial charge in [-0.2, -0.15) is 4.98 Å². The van der Waals surface area contributed by atoms with Gasteiger partial charge in [0, 0.05) is 31.6 Å². The minimum atomic E-state index is 0.524. The fourth-order valence-electron chi connectivity index (χ4n) is 2.39. The summed E-state index contributed by atoms with van der Waals surface area (Å²) in [5, 5.41) is 10.8. The van der Waals surface area contributed by atoms with Gasteiger partial charge in [0.1, 0.15) is 5.82 Å². The van der Waals surface area contributed by atoms with Crippen LogP contribution in [0.25, 0.3) is 0 Å². The third-order valence-corrected chi connectivity index (χ3v) is 3.60. The van der Waals surface area contributed by atoms with Crippen LogP contribution in [0.15, 0.2) is 0 Å². The van der Waals surface area contributed by atoms with Gasteiger partial charge in [-0.3, -0.25) is 5.10 Å². The maximum absolute atomic E-state index is 4.61. The van der Waals surface area contributed by atoms with Crippen molar-refractivity contribution in [3.63, 3.8) is 0 Å². The summed E-state index contributed by atoms with van der Waals surface area (Å²) in [4.78, 5) is 6.87. The molecule has 2 heterocycles. The molecule has 1 saturated carbocycles. The number of nitrogens with zero attached hydrogens (tertiary/aromatic N) is 3. The van der Waals surface area contributed by atoms with Crippen molar-refractivity contribution in [3.8, 4) is 0 Å². The van der Waals surface area contributed by atoms with Gasteiger partial charge in [0.25, 0.3) is 0 Å². The number of H-pyrrole nitrogens is 1. The molecule has 0 spiro atoms. The van der Waals surface area contributed by atoms with Crippen LogP contribution >= 0.6 is 0 Å². The number of piperazine rings is 1. The highest BCUT2D eigenvalue weighted by Crippen LogP contribution is 2.45. The van der Waals surface area contributed by atoms with E-state index in [-0.39, 0.29) is 0 Å². The second kappa shape index (κ2) is 3.73. The maximum atomic E-state index is 4.61. The van der Waals surface area contributed by atoms with Crippen LogP contribution in [-0.2, 0) is 0 Å². The molecule has 0 aromatic carbocycles. The second-order valence-electron chi connectivity index (χ2n) is 5.14. The lowest BCUT2D eigenvalue weighted by Gasteiger charge is -2.30. The number of rotatable bonds is 2. The molecule has 3 rings (SSSR count). The Hall–Kier alpha value is -1.10. The molecule has 2 N–H and O–H groups in total. The zero-order valence-electron chi connectivity index (χ0n) is 9.90. The molecule has 2 fully saturated rings. The van der Waals surface area contributed by atoms with Gasteiger partial charge in [0.15, 0.2) is 0 Å². The zero-order valence-corrected chi connectivity index (χ0v) is 9.90. The van der Waals surface area contributed by atoms with E-state index in [2.05, 4.69) is 39.2 Å². The van der Waals surface area contributed by atoms with E-state index in [1.165, 1.54) is 6.42 Å². The van der Waals surface area contributed by atoms with Crippen LogP contribution in [-0.4, -0.2) is 40.9 Å². The second-order valence-corrected chi connectivity index (χ2v) is 5.14. The van der Waals surface area contributed by atoms with Crippen molar-refractivity contribution >= 4 is 5.95 Å². The van der Waals surface area contributed by atoms with Gasteiger partial charge in [0.2, 0.25) is 5.95 Å². The third kappa shape index (κ3) is 1.80. The summed E-state index contributed by atoms with van der Waals surface area (Å²) in [5.41, 5.74) is 0. The first-order valence-corrected chi connectivity index (χ1v) is 6.14. The van der Waals surface area contributed by atoms with E-state index in [0.717, 1.165) is 37.3 Å². The van der Waals surface area contributed by atoms with E-state index in [1.807, 2.05) is 0 Å². The lowest BCUT2D eigenvalue weighted by Crippen LogP contribution is -2.49. The number of aromatic amines is 1. The first-order valence-electron chi connectivity index (χ1n) is 6.14.